The molecule has 0 aliphatic carbocycles. The molecule has 1 aliphatic heterocycles. The lowest BCUT2D eigenvalue weighted by molar-refractivity contribution is -0.156. The van der Waals surface area contributed by atoms with E-state index in [9.17, 15) is 40.5 Å². The van der Waals surface area contributed by atoms with Crippen molar-refractivity contribution in [1.82, 2.24) is 0 Å². The van der Waals surface area contributed by atoms with Crippen molar-refractivity contribution in [2.75, 3.05) is 33.1 Å². The first kappa shape index (κ1) is 37.5. The highest BCUT2D eigenvalue weighted by Crippen LogP contribution is 2.32. The number of carboxylic acids is 1. The molecular formula is C22H33F6O9P. The standard InChI is InChI=1S/C12H7F5O5.C5H10O4.C3H8.CH4FP.CH4/c1-12(2-20-11(19)21-3-12)10(18)22-9-7(16)5(14)4(13)6(15)8(9)17;1-5(2-6,3-7)4(8)9;2*1-3-2;/h2-3H2,1H3;6-7H,2-3H2,1H3,(H,8,9);3H2,1-2H3;3H,1H3;1H4/i;;1T;;. The molecule has 16 heteroatoms. The second-order valence-electron chi connectivity index (χ2n) is 7.55. The molecule has 1 aromatic carbocycles. The van der Waals surface area contributed by atoms with Gasteiger partial charge in [0.15, 0.2) is 0 Å². The van der Waals surface area contributed by atoms with Crippen LogP contribution in [-0.2, 0) is 19.1 Å². The van der Waals surface area contributed by atoms with Crippen molar-refractivity contribution in [3.05, 3.63) is 29.1 Å². The van der Waals surface area contributed by atoms with Crippen molar-refractivity contribution in [3.63, 3.8) is 0 Å². The SMILES string of the molecule is C.CC(CO)(CO)C(=O)O.CC1(C(=O)Oc2c(F)c(F)c(F)c(F)c2F)COC(=O)OC1.CPF.[3H]CCC. The number of cyclic esters (lactones) is 2. The van der Waals surface area contributed by atoms with Crippen LogP contribution in [0.25, 0.3) is 0 Å². The number of hydrogen-bond donors (Lipinski definition) is 3. The normalized spacial score (nSPS) is 14.0. The van der Waals surface area contributed by atoms with Crippen LogP contribution in [0, 0.1) is 39.9 Å². The first-order valence-electron chi connectivity index (χ1n) is 10.8. The van der Waals surface area contributed by atoms with Gasteiger partial charge in [0.2, 0.25) is 34.8 Å². The van der Waals surface area contributed by atoms with Crippen LogP contribution in [-0.4, -0.2) is 66.5 Å². The van der Waals surface area contributed by atoms with Crippen LogP contribution in [0.4, 0.5) is 30.9 Å². The fourth-order valence-electron chi connectivity index (χ4n) is 1.71. The minimum absolute atomic E-state index is 0. The largest absolute Gasteiger partial charge is 0.508 e. The predicted octanol–water partition coefficient (Wildman–Crippen LogP) is 4.75. The molecule has 1 unspecified atom stereocenters. The molecule has 0 saturated carbocycles. The minimum atomic E-state index is -2.38. The van der Waals surface area contributed by atoms with E-state index in [0.29, 0.717) is 6.90 Å². The van der Waals surface area contributed by atoms with Gasteiger partial charge in [-0.2, -0.15) is 8.78 Å². The zero-order chi connectivity index (χ0) is 30.3. The molecule has 0 bridgehead atoms. The molecule has 0 spiro atoms. The Balaban J connectivity index is -0.000000634. The van der Waals surface area contributed by atoms with Crippen molar-refractivity contribution >= 4 is 27.0 Å². The maximum atomic E-state index is 13.4. The first-order chi connectivity index (χ1) is 17.6. The number of aliphatic hydroxyl groups is 2. The van der Waals surface area contributed by atoms with E-state index in [1.54, 1.807) is 0 Å². The van der Waals surface area contributed by atoms with E-state index in [4.69, 9.17) is 16.7 Å². The molecule has 38 heavy (non-hydrogen) atoms. The van der Waals surface area contributed by atoms with Crippen LogP contribution < -0.4 is 4.74 Å². The summed E-state index contributed by atoms with van der Waals surface area (Å²) in [5, 5.41) is 25.1. The predicted molar refractivity (Wildman–Crippen MR) is 125 cm³/mol. The van der Waals surface area contributed by atoms with Gasteiger partial charge < -0.3 is 29.5 Å². The van der Waals surface area contributed by atoms with Gasteiger partial charge in [0.05, 0.1) is 22.1 Å². The molecule has 1 saturated heterocycles. The molecule has 1 heterocycles. The molecule has 1 fully saturated rings. The topological polar surface area (TPSA) is 140 Å². The first-order valence-corrected chi connectivity index (χ1v) is 11.5. The number of rotatable bonds is 5. The molecule has 0 amide bonds. The van der Waals surface area contributed by atoms with Crippen LogP contribution in [0.2, 0.25) is 0 Å². The molecule has 3 N–H and O–H groups in total. The summed E-state index contributed by atoms with van der Waals surface area (Å²) >= 11 is 0. The van der Waals surface area contributed by atoms with Crippen LogP contribution in [0.5, 0.6) is 5.75 Å². The van der Waals surface area contributed by atoms with E-state index in [2.05, 4.69) is 14.2 Å². The molecule has 1 aromatic rings. The van der Waals surface area contributed by atoms with Crippen LogP contribution in [0.15, 0.2) is 0 Å². The number of ether oxygens (including phenoxy) is 3. The number of carbonyl (C=O) groups excluding carboxylic acids is 2. The number of benzene rings is 1. The van der Waals surface area contributed by atoms with Crippen LogP contribution in [0.3, 0.4) is 0 Å². The Bertz CT molecular complexity index is 895. The highest BCUT2D eigenvalue weighted by Gasteiger charge is 2.43. The Morgan fingerprint density at radius 3 is 1.66 bits per heavy atom. The fraction of sp³-hybridized carbons (Fsp3) is 0.591. The zero-order valence-electron chi connectivity index (χ0n) is 21.3. The summed E-state index contributed by atoms with van der Waals surface area (Å²) in [7, 11) is -0.417. The lowest BCUT2D eigenvalue weighted by Crippen LogP contribution is -2.45. The summed E-state index contributed by atoms with van der Waals surface area (Å²) in [6, 6.07) is 0. The van der Waals surface area contributed by atoms with Crippen molar-refractivity contribution in [2.45, 2.75) is 41.5 Å². The van der Waals surface area contributed by atoms with Gasteiger partial charge in [-0.3, -0.25) is 9.59 Å². The second-order valence-corrected chi connectivity index (χ2v) is 7.93. The molecule has 9 nitrogen and oxygen atoms in total. The van der Waals surface area contributed by atoms with Crippen molar-refractivity contribution in [2.24, 2.45) is 10.8 Å². The Morgan fingerprint density at radius 2 is 1.39 bits per heavy atom. The van der Waals surface area contributed by atoms with E-state index in [1.807, 2.05) is 6.92 Å². The summed E-state index contributed by atoms with van der Waals surface area (Å²) in [5.41, 5.74) is -3.05. The number of carboxylic acid groups (broad SMARTS) is 1. The Kier molecular flexibility index (Phi) is 18.3. The van der Waals surface area contributed by atoms with Gasteiger partial charge in [0, 0.05) is 1.37 Å². The molecule has 0 radical (unpaired) electrons. The van der Waals surface area contributed by atoms with E-state index < -0.39 is 99.1 Å². The minimum Gasteiger partial charge on any atom is -0.481 e. The fourth-order valence-corrected chi connectivity index (χ4v) is 1.71. The zero-order valence-corrected chi connectivity index (χ0v) is 21.3. The summed E-state index contributed by atoms with van der Waals surface area (Å²) in [5.74, 6) is -15.8. The number of aliphatic hydroxyl groups excluding tert-OH is 2. The highest BCUT2D eigenvalue weighted by molar-refractivity contribution is 7.30. The quantitative estimate of drug-likeness (QED) is 0.111. The molecule has 222 valence electrons. The number of esters is 1. The number of hydrogen-bond acceptors (Lipinski definition) is 8. The lowest BCUT2D eigenvalue weighted by atomic mass is 9.92. The maximum absolute atomic E-state index is 13.4. The molecule has 1 aliphatic rings. The third kappa shape index (κ3) is 11.4. The van der Waals surface area contributed by atoms with E-state index in [1.165, 1.54) is 13.6 Å². The van der Waals surface area contributed by atoms with Gasteiger partial charge in [-0.05, 0) is 20.5 Å². The van der Waals surface area contributed by atoms with Crippen LogP contribution in [0.1, 0.15) is 42.9 Å². The molecule has 2 rings (SSSR count). The number of halogens is 6. The Hall–Kier alpha value is -2.64. The number of carbonyl (C=O) groups is 3. The Labute approximate surface area is 219 Å². The average Bonchev–Trinajstić information content (AvgIpc) is 2.90. The van der Waals surface area contributed by atoms with E-state index >= 15 is 0 Å². The maximum Gasteiger partial charge on any atom is 0.508 e. The molecule has 0 aromatic heterocycles. The highest BCUT2D eigenvalue weighted by atomic mass is 31.1. The van der Waals surface area contributed by atoms with Crippen molar-refractivity contribution < 1.29 is 71.4 Å². The van der Waals surface area contributed by atoms with Gasteiger partial charge in [-0.25, -0.2) is 22.2 Å². The lowest BCUT2D eigenvalue weighted by Gasteiger charge is -2.29. The van der Waals surface area contributed by atoms with Crippen molar-refractivity contribution in [3.8, 4) is 5.75 Å². The Morgan fingerprint density at radius 1 is 1.05 bits per heavy atom. The van der Waals surface area contributed by atoms with Gasteiger partial charge in [-0.1, -0.05) is 27.7 Å². The third-order valence-corrected chi connectivity index (χ3v) is 4.09. The summed E-state index contributed by atoms with van der Waals surface area (Å²) in [6.45, 7) is 4.31. The van der Waals surface area contributed by atoms with Gasteiger partial charge in [-0.15, -0.1) is 0 Å². The summed E-state index contributed by atoms with van der Waals surface area (Å²) < 4.78 is 95.5. The van der Waals surface area contributed by atoms with Gasteiger partial charge >= 0.3 is 18.1 Å². The van der Waals surface area contributed by atoms with E-state index in [0.717, 1.165) is 13.3 Å². The van der Waals surface area contributed by atoms with Crippen molar-refractivity contribution in [1.29, 1.82) is 0 Å². The average molecular weight is 588 g/mol. The monoisotopic (exact) mass is 588 g/mol. The summed E-state index contributed by atoms with van der Waals surface area (Å²) in [4.78, 5) is 32.7. The van der Waals surface area contributed by atoms with Gasteiger partial charge in [0.1, 0.15) is 24.0 Å². The van der Waals surface area contributed by atoms with Crippen LogP contribution >= 0.6 is 8.89 Å². The third-order valence-electron chi connectivity index (χ3n) is 4.09. The summed E-state index contributed by atoms with van der Waals surface area (Å²) in [6.07, 6.45) is -0.0819. The number of aliphatic carboxylic acids is 1. The van der Waals surface area contributed by atoms with E-state index in [-0.39, 0.29) is 7.43 Å². The molecule has 1 atom stereocenters. The molecular weight excluding hydrogens is 553 g/mol. The van der Waals surface area contributed by atoms with Gasteiger partial charge in [0.25, 0.3) is 0 Å². The smallest absolute Gasteiger partial charge is 0.481 e. The second kappa shape index (κ2) is 18.6.